The van der Waals surface area contributed by atoms with Gasteiger partial charge in [0.2, 0.25) is 5.91 Å². The van der Waals surface area contributed by atoms with E-state index in [9.17, 15) is 9.59 Å². The minimum atomic E-state index is -0.295. The molecule has 1 rings (SSSR count). The van der Waals surface area contributed by atoms with Crippen LogP contribution < -0.4 is 0 Å². The normalized spacial score (nSPS) is 17.9. The number of nitrogens with zero attached hydrogens (tertiary/aromatic N) is 1. The van der Waals surface area contributed by atoms with Crippen LogP contribution in [0.15, 0.2) is 0 Å². The van der Waals surface area contributed by atoms with Crippen LogP contribution in [0.2, 0.25) is 0 Å². The summed E-state index contributed by atoms with van der Waals surface area (Å²) in [6.45, 7) is 13.6. The molecule has 0 aliphatic carbocycles. The van der Waals surface area contributed by atoms with Gasteiger partial charge in [0, 0.05) is 25.4 Å². The molecule has 0 aromatic heterocycles. The van der Waals surface area contributed by atoms with Crippen LogP contribution in [-0.2, 0) is 14.3 Å². The van der Waals surface area contributed by atoms with Crippen molar-refractivity contribution >= 4 is 11.7 Å². The summed E-state index contributed by atoms with van der Waals surface area (Å²) in [5.41, 5.74) is -0.249. The summed E-state index contributed by atoms with van der Waals surface area (Å²) in [5.74, 6) is 0.504. The van der Waals surface area contributed by atoms with E-state index in [1.807, 2.05) is 25.7 Å². The molecule has 0 spiro atoms. The fraction of sp³-hybridized carbons (Fsp3) is 0.882. The third-order valence-electron chi connectivity index (χ3n) is 3.64. The zero-order valence-electron chi connectivity index (χ0n) is 14.5. The lowest BCUT2D eigenvalue weighted by molar-refractivity contribution is -0.143. The van der Waals surface area contributed by atoms with E-state index in [1.165, 1.54) is 0 Å². The molecule has 1 saturated heterocycles. The van der Waals surface area contributed by atoms with Gasteiger partial charge in [-0.3, -0.25) is 9.59 Å². The number of ketones is 1. The molecule has 21 heavy (non-hydrogen) atoms. The van der Waals surface area contributed by atoms with Gasteiger partial charge >= 0.3 is 0 Å². The molecule has 1 heterocycles. The van der Waals surface area contributed by atoms with Crippen LogP contribution in [0.3, 0.4) is 0 Å². The molecule has 0 atom stereocenters. The summed E-state index contributed by atoms with van der Waals surface area (Å²) >= 11 is 0. The third kappa shape index (κ3) is 7.07. The molecule has 1 amide bonds. The van der Waals surface area contributed by atoms with Crippen LogP contribution in [0.4, 0.5) is 0 Å². The quantitative estimate of drug-likeness (QED) is 0.801. The molecule has 0 radical (unpaired) electrons. The van der Waals surface area contributed by atoms with Crippen molar-refractivity contribution in [2.24, 2.45) is 11.3 Å². The maximum Gasteiger partial charge on any atom is 0.248 e. The second kappa shape index (κ2) is 6.91. The summed E-state index contributed by atoms with van der Waals surface area (Å²) in [7, 11) is 0. The lowest BCUT2D eigenvalue weighted by Gasteiger charge is -2.33. The Balaban J connectivity index is 2.38. The van der Waals surface area contributed by atoms with Crippen molar-refractivity contribution in [1.82, 2.24) is 4.90 Å². The molecule has 0 unspecified atom stereocenters. The highest BCUT2D eigenvalue weighted by molar-refractivity contribution is 5.82. The van der Waals surface area contributed by atoms with Crippen molar-refractivity contribution in [2.75, 3.05) is 19.7 Å². The van der Waals surface area contributed by atoms with Crippen LogP contribution in [0.5, 0.6) is 0 Å². The van der Waals surface area contributed by atoms with E-state index >= 15 is 0 Å². The number of hydrogen-bond donors (Lipinski definition) is 0. The highest BCUT2D eigenvalue weighted by Crippen LogP contribution is 2.26. The summed E-state index contributed by atoms with van der Waals surface area (Å²) in [4.78, 5) is 26.1. The molecule has 1 aliphatic rings. The van der Waals surface area contributed by atoms with Gasteiger partial charge in [0.1, 0.15) is 12.4 Å². The number of rotatable bonds is 4. The number of piperidine rings is 1. The Morgan fingerprint density at radius 1 is 1.05 bits per heavy atom. The van der Waals surface area contributed by atoms with Gasteiger partial charge in [0.05, 0.1) is 5.60 Å². The Bertz CT molecular complexity index is 368. The van der Waals surface area contributed by atoms with Crippen LogP contribution >= 0.6 is 0 Å². The number of ether oxygens (including phenoxy) is 1. The van der Waals surface area contributed by atoms with Crippen LogP contribution in [0, 0.1) is 11.3 Å². The molecular weight excluding hydrogens is 266 g/mol. The van der Waals surface area contributed by atoms with Gasteiger partial charge in [0.25, 0.3) is 0 Å². The smallest absolute Gasteiger partial charge is 0.248 e. The SMILES string of the molecule is CC(C)(C)CC(=O)C1CCN(C(=O)COC(C)(C)C)CC1. The predicted molar refractivity (Wildman–Crippen MR) is 84.1 cm³/mol. The fourth-order valence-electron chi connectivity index (χ4n) is 2.49. The number of amides is 1. The molecule has 0 bridgehead atoms. The average molecular weight is 297 g/mol. The Hall–Kier alpha value is -0.900. The molecule has 122 valence electrons. The minimum absolute atomic E-state index is 0.0339. The number of carbonyl (C=O) groups is 2. The Kier molecular flexibility index (Phi) is 5.97. The summed E-state index contributed by atoms with van der Waals surface area (Å²) < 4.78 is 5.53. The molecule has 1 aliphatic heterocycles. The maximum absolute atomic E-state index is 12.2. The second-order valence-corrected chi connectivity index (χ2v) is 8.26. The van der Waals surface area contributed by atoms with E-state index in [0.717, 1.165) is 12.8 Å². The van der Waals surface area contributed by atoms with Crippen molar-refractivity contribution in [2.45, 2.75) is 66.4 Å². The number of likely N-dealkylation sites (tertiary alicyclic amines) is 1. The first-order valence-electron chi connectivity index (χ1n) is 7.92. The minimum Gasteiger partial charge on any atom is -0.366 e. The summed E-state index contributed by atoms with van der Waals surface area (Å²) in [5, 5.41) is 0. The second-order valence-electron chi connectivity index (χ2n) is 8.26. The Morgan fingerprint density at radius 2 is 1.57 bits per heavy atom. The molecule has 1 fully saturated rings. The number of carbonyl (C=O) groups excluding carboxylic acids is 2. The Morgan fingerprint density at radius 3 is 2.00 bits per heavy atom. The van der Waals surface area contributed by atoms with Gasteiger partial charge in [-0.05, 0) is 39.0 Å². The van der Waals surface area contributed by atoms with E-state index in [4.69, 9.17) is 4.74 Å². The van der Waals surface area contributed by atoms with Gasteiger partial charge in [-0.15, -0.1) is 0 Å². The molecular formula is C17H31NO3. The maximum atomic E-state index is 12.2. The van der Waals surface area contributed by atoms with E-state index in [0.29, 0.717) is 25.3 Å². The summed E-state index contributed by atoms with van der Waals surface area (Å²) in [6, 6.07) is 0. The van der Waals surface area contributed by atoms with Gasteiger partial charge in [-0.1, -0.05) is 20.8 Å². The zero-order chi connectivity index (χ0) is 16.3. The van der Waals surface area contributed by atoms with E-state index in [1.54, 1.807) is 0 Å². The first-order chi connectivity index (χ1) is 9.48. The summed E-state index contributed by atoms with van der Waals surface area (Å²) in [6.07, 6.45) is 2.20. The van der Waals surface area contributed by atoms with E-state index in [2.05, 4.69) is 20.8 Å². The van der Waals surface area contributed by atoms with Crippen molar-refractivity contribution in [3.63, 3.8) is 0 Å². The average Bonchev–Trinajstić information content (AvgIpc) is 2.33. The first kappa shape index (κ1) is 18.1. The van der Waals surface area contributed by atoms with Crippen molar-refractivity contribution in [1.29, 1.82) is 0 Å². The van der Waals surface area contributed by atoms with Crippen LogP contribution in [0.1, 0.15) is 60.8 Å². The predicted octanol–water partition coefficient (Wildman–Crippen LogP) is 3.05. The van der Waals surface area contributed by atoms with E-state index in [-0.39, 0.29) is 29.4 Å². The standard InChI is InChI=1S/C17H31NO3/c1-16(2,3)11-14(19)13-7-9-18(10-8-13)15(20)12-21-17(4,5)6/h13H,7-12H2,1-6H3. The van der Waals surface area contributed by atoms with Gasteiger partial charge in [-0.2, -0.15) is 0 Å². The highest BCUT2D eigenvalue weighted by Gasteiger charge is 2.29. The third-order valence-corrected chi connectivity index (χ3v) is 3.64. The Labute approximate surface area is 129 Å². The van der Waals surface area contributed by atoms with Gasteiger partial charge in [0.15, 0.2) is 0 Å². The van der Waals surface area contributed by atoms with Crippen LogP contribution in [-0.4, -0.2) is 41.9 Å². The first-order valence-corrected chi connectivity index (χ1v) is 7.92. The molecule has 4 nitrogen and oxygen atoms in total. The molecule has 0 aromatic carbocycles. The van der Waals surface area contributed by atoms with Crippen molar-refractivity contribution in [3.8, 4) is 0 Å². The zero-order valence-corrected chi connectivity index (χ0v) is 14.5. The van der Waals surface area contributed by atoms with Crippen LogP contribution in [0.25, 0.3) is 0 Å². The largest absolute Gasteiger partial charge is 0.366 e. The number of Topliss-reactive ketones (excluding diaryl/α,β-unsaturated/α-hetero) is 1. The monoisotopic (exact) mass is 297 g/mol. The van der Waals surface area contributed by atoms with E-state index < -0.39 is 0 Å². The lowest BCUT2D eigenvalue weighted by Crippen LogP contribution is -2.43. The van der Waals surface area contributed by atoms with Gasteiger partial charge in [-0.25, -0.2) is 0 Å². The molecule has 0 saturated carbocycles. The lowest BCUT2D eigenvalue weighted by atomic mass is 9.82. The molecule has 0 aromatic rings. The van der Waals surface area contributed by atoms with Crippen molar-refractivity contribution in [3.05, 3.63) is 0 Å². The molecule has 0 N–H and O–H groups in total. The molecule has 4 heteroatoms. The number of hydrogen-bond acceptors (Lipinski definition) is 3. The van der Waals surface area contributed by atoms with Gasteiger partial charge < -0.3 is 9.64 Å². The highest BCUT2D eigenvalue weighted by atomic mass is 16.5. The fourth-order valence-corrected chi connectivity index (χ4v) is 2.49. The topological polar surface area (TPSA) is 46.6 Å². The van der Waals surface area contributed by atoms with Crippen molar-refractivity contribution < 1.29 is 14.3 Å².